The van der Waals surface area contributed by atoms with Gasteiger partial charge in [0.25, 0.3) is 0 Å². The van der Waals surface area contributed by atoms with Gasteiger partial charge in [-0.25, -0.2) is 0 Å². The van der Waals surface area contributed by atoms with Crippen molar-refractivity contribution in [1.29, 1.82) is 0 Å². The lowest BCUT2D eigenvalue weighted by molar-refractivity contribution is -0.115. The molecule has 142 valence electrons. The maximum Gasteiger partial charge on any atom is 0.120 e. The van der Waals surface area contributed by atoms with Crippen molar-refractivity contribution in [2.24, 2.45) is 46.3 Å². The average molecular weight is 346 g/mol. The van der Waals surface area contributed by atoms with E-state index in [4.69, 9.17) is 1.37 Å². The number of aldehydes is 1. The second-order valence-corrected chi connectivity index (χ2v) is 10.8. The molecule has 0 heterocycles. The zero-order valence-corrected chi connectivity index (χ0v) is 16.9. The summed E-state index contributed by atoms with van der Waals surface area (Å²) < 4.78 is 7.26. The fourth-order valence-corrected chi connectivity index (χ4v) is 8.76. The van der Waals surface area contributed by atoms with Gasteiger partial charge in [-0.15, -0.1) is 0 Å². The molecule has 1 heteroatoms. The Kier molecular flexibility index (Phi) is 4.49. The van der Waals surface area contributed by atoms with Gasteiger partial charge in [-0.1, -0.05) is 33.6 Å². The van der Waals surface area contributed by atoms with Gasteiger partial charge in [0.05, 0.1) is 0 Å². The molecule has 0 aromatic carbocycles. The summed E-state index contributed by atoms with van der Waals surface area (Å²) in [4.78, 5) is 11.1. The first-order valence-corrected chi connectivity index (χ1v) is 11.4. The minimum absolute atomic E-state index is 0.371. The van der Waals surface area contributed by atoms with E-state index >= 15 is 0 Å². The molecule has 0 radical (unpaired) electrons. The third kappa shape index (κ3) is 2.74. The minimum atomic E-state index is -0.371. The number of hydrogen-bond donors (Lipinski definition) is 0. The van der Waals surface area contributed by atoms with Crippen molar-refractivity contribution in [2.75, 3.05) is 0 Å². The second-order valence-electron chi connectivity index (χ2n) is 10.8. The number of fused-ring (bicyclic) bond motifs is 5. The van der Waals surface area contributed by atoms with Gasteiger partial charge < -0.3 is 4.79 Å². The van der Waals surface area contributed by atoms with Crippen molar-refractivity contribution in [2.45, 2.75) is 97.8 Å². The topological polar surface area (TPSA) is 17.1 Å². The summed E-state index contributed by atoms with van der Waals surface area (Å²) in [5.41, 5.74) is 1.15. The Morgan fingerprint density at radius 1 is 1.00 bits per heavy atom. The van der Waals surface area contributed by atoms with Crippen molar-refractivity contribution in [1.82, 2.24) is 0 Å². The van der Waals surface area contributed by atoms with E-state index in [9.17, 15) is 4.79 Å². The van der Waals surface area contributed by atoms with Crippen LogP contribution in [0.2, 0.25) is 0 Å². The highest BCUT2D eigenvalue weighted by molar-refractivity contribution is 5.49. The van der Waals surface area contributed by atoms with Crippen LogP contribution in [0.3, 0.4) is 0 Å². The van der Waals surface area contributed by atoms with E-state index in [1.807, 2.05) is 0 Å². The zero-order chi connectivity index (χ0) is 18.5. The summed E-state index contributed by atoms with van der Waals surface area (Å²) in [6, 6.07) is 0. The van der Waals surface area contributed by atoms with Gasteiger partial charge in [0, 0.05) is 6.42 Å². The molecule has 8 atom stereocenters. The van der Waals surface area contributed by atoms with Crippen LogP contribution in [0.15, 0.2) is 0 Å². The Bertz CT molecular complexity index is 544. The van der Waals surface area contributed by atoms with Gasteiger partial charge in [-0.2, -0.15) is 0 Å². The van der Waals surface area contributed by atoms with Gasteiger partial charge in [-0.05, 0) is 104 Å². The molecular formula is C24H40O. The highest BCUT2D eigenvalue weighted by Gasteiger charge is 2.59. The lowest BCUT2D eigenvalue weighted by Crippen LogP contribution is -2.53. The Labute approximate surface area is 157 Å². The summed E-state index contributed by atoms with van der Waals surface area (Å²) in [7, 11) is 0. The molecule has 4 aliphatic carbocycles. The molecule has 25 heavy (non-hydrogen) atoms. The van der Waals surface area contributed by atoms with Crippen LogP contribution in [-0.4, -0.2) is 6.26 Å². The molecule has 0 spiro atoms. The van der Waals surface area contributed by atoms with E-state index in [-0.39, 0.29) is 6.26 Å². The quantitative estimate of drug-likeness (QED) is 0.521. The highest BCUT2D eigenvalue weighted by atomic mass is 16.1. The summed E-state index contributed by atoms with van der Waals surface area (Å²) >= 11 is 0. The van der Waals surface area contributed by atoms with Crippen molar-refractivity contribution < 1.29 is 6.17 Å². The molecule has 4 saturated carbocycles. The third-order valence-electron chi connectivity index (χ3n) is 10.0. The van der Waals surface area contributed by atoms with Crippen LogP contribution in [0.5, 0.6) is 0 Å². The largest absolute Gasteiger partial charge is 0.303 e. The Morgan fingerprint density at radius 2 is 1.80 bits per heavy atom. The first kappa shape index (κ1) is 16.8. The Morgan fingerprint density at radius 3 is 2.60 bits per heavy atom. The maximum absolute atomic E-state index is 11.1. The molecule has 0 bridgehead atoms. The summed E-state index contributed by atoms with van der Waals surface area (Å²) in [5, 5.41) is 0. The first-order valence-electron chi connectivity index (χ1n) is 11.9. The molecule has 0 aromatic rings. The Hall–Kier alpha value is -0.330. The lowest BCUT2D eigenvalue weighted by atomic mass is 9.44. The van der Waals surface area contributed by atoms with Crippen LogP contribution >= 0.6 is 0 Å². The fraction of sp³-hybridized carbons (Fsp3) is 0.958. The predicted molar refractivity (Wildman–Crippen MR) is 104 cm³/mol. The molecule has 0 amide bonds. The van der Waals surface area contributed by atoms with E-state index < -0.39 is 0 Å². The van der Waals surface area contributed by atoms with E-state index in [2.05, 4.69) is 20.8 Å². The molecule has 4 aliphatic rings. The smallest absolute Gasteiger partial charge is 0.120 e. The van der Waals surface area contributed by atoms with E-state index in [0.717, 1.165) is 36.0 Å². The standard InChI is InChI=1S/C24H40O/c1-17(7-6-16-25)20-11-12-21-19-10-9-18-8-4-5-14-23(18,2)22(19)13-15-24(20,21)3/h16-22H,4-15H2,1-3H3/i16D. The zero-order valence-electron chi connectivity index (χ0n) is 17.9. The first-order chi connectivity index (χ1) is 12.4. The van der Waals surface area contributed by atoms with Crippen LogP contribution < -0.4 is 0 Å². The molecule has 0 aromatic heterocycles. The third-order valence-corrected chi connectivity index (χ3v) is 10.0. The van der Waals surface area contributed by atoms with Gasteiger partial charge in [0.1, 0.15) is 7.63 Å². The second kappa shape index (κ2) is 6.68. The van der Waals surface area contributed by atoms with Crippen LogP contribution in [-0.2, 0) is 4.79 Å². The number of hydrogen-bond acceptors (Lipinski definition) is 1. The minimum Gasteiger partial charge on any atom is -0.303 e. The van der Waals surface area contributed by atoms with Gasteiger partial charge in [-0.3, -0.25) is 0 Å². The van der Waals surface area contributed by atoms with Crippen molar-refractivity contribution in [3.8, 4) is 0 Å². The molecule has 8 unspecified atom stereocenters. The van der Waals surface area contributed by atoms with Crippen LogP contribution in [0.1, 0.15) is 99.2 Å². The summed E-state index contributed by atoms with van der Waals surface area (Å²) in [6.07, 6.45) is 15.7. The maximum atomic E-state index is 11.1. The van der Waals surface area contributed by atoms with Crippen molar-refractivity contribution in [3.63, 3.8) is 0 Å². The molecule has 0 aliphatic heterocycles. The summed E-state index contributed by atoms with van der Waals surface area (Å²) in [6.45, 7) is 7.65. The van der Waals surface area contributed by atoms with E-state index in [0.29, 0.717) is 23.2 Å². The van der Waals surface area contributed by atoms with Gasteiger partial charge in [0.15, 0.2) is 0 Å². The van der Waals surface area contributed by atoms with Gasteiger partial charge in [0.2, 0.25) is 0 Å². The van der Waals surface area contributed by atoms with Crippen molar-refractivity contribution >= 4 is 6.26 Å². The van der Waals surface area contributed by atoms with Gasteiger partial charge >= 0.3 is 0 Å². The van der Waals surface area contributed by atoms with Crippen LogP contribution in [0.4, 0.5) is 0 Å². The lowest BCUT2D eigenvalue weighted by Gasteiger charge is -2.61. The normalized spacial score (nSPS) is 51.0. The number of carbonyl (C=O) groups excluding carboxylic acids is 1. The molecule has 4 rings (SSSR count). The molecule has 4 fully saturated rings. The Balaban J connectivity index is 1.52. The predicted octanol–water partition coefficient (Wildman–Crippen LogP) is 6.65. The summed E-state index contributed by atoms with van der Waals surface area (Å²) in [5.74, 6) is 5.30. The van der Waals surface area contributed by atoms with E-state index in [1.165, 1.54) is 64.2 Å². The monoisotopic (exact) mass is 345 g/mol. The molecule has 0 N–H and O–H groups in total. The fourth-order valence-electron chi connectivity index (χ4n) is 8.76. The SMILES string of the molecule is [2H]C(=O)CCC(C)C1CCC2C3CCC4CCCCC4(C)C3CCC12C. The number of rotatable bonds is 4. The molecular weight excluding hydrogens is 304 g/mol. The van der Waals surface area contributed by atoms with Crippen molar-refractivity contribution in [3.05, 3.63) is 0 Å². The number of carbonyl (C=O) groups is 1. The molecule has 0 saturated heterocycles. The van der Waals surface area contributed by atoms with E-state index in [1.54, 1.807) is 0 Å². The highest BCUT2D eigenvalue weighted by Crippen LogP contribution is 2.68. The molecule has 1 nitrogen and oxygen atoms in total. The average Bonchev–Trinajstić information content (AvgIpc) is 2.96. The van der Waals surface area contributed by atoms with Crippen LogP contribution in [0.25, 0.3) is 0 Å². The van der Waals surface area contributed by atoms with Crippen LogP contribution in [0, 0.1) is 46.3 Å².